The van der Waals surface area contributed by atoms with Gasteiger partial charge in [0, 0.05) is 16.8 Å². The van der Waals surface area contributed by atoms with E-state index in [1.54, 1.807) is 0 Å². The lowest BCUT2D eigenvalue weighted by Gasteiger charge is -2.12. The molecule has 0 saturated carbocycles. The van der Waals surface area contributed by atoms with E-state index >= 15 is 0 Å². The number of hydrogen-bond donors (Lipinski definition) is 1. The summed E-state index contributed by atoms with van der Waals surface area (Å²) in [4.78, 5) is 4.76. The van der Waals surface area contributed by atoms with Gasteiger partial charge in [0.05, 0.1) is 5.52 Å². The Bertz CT molecular complexity index is 518. The second-order valence-electron chi connectivity index (χ2n) is 4.42. The highest BCUT2D eigenvalue weighted by Gasteiger charge is 2.10. The first-order chi connectivity index (χ1) is 8.27. The number of nitrogen functional groups attached to an aromatic ring is 1. The molecule has 0 spiro atoms. The van der Waals surface area contributed by atoms with Crippen molar-refractivity contribution in [1.29, 1.82) is 0 Å². The lowest BCUT2D eigenvalue weighted by Crippen LogP contribution is -2.03. The molecule has 0 atom stereocenters. The molecule has 0 radical (unpaired) electrons. The van der Waals surface area contributed by atoms with Crippen molar-refractivity contribution in [3.05, 3.63) is 35.5 Å². The van der Waals surface area contributed by atoms with Crippen LogP contribution in [0.3, 0.4) is 0 Å². The molecule has 0 aliphatic heterocycles. The number of hydrogen-bond acceptors (Lipinski definition) is 2. The highest BCUT2D eigenvalue weighted by molar-refractivity contribution is 5.92. The van der Waals surface area contributed by atoms with Crippen LogP contribution < -0.4 is 5.73 Å². The van der Waals surface area contributed by atoms with Crippen LogP contribution in [0.4, 0.5) is 5.69 Å². The lowest BCUT2D eigenvalue weighted by molar-refractivity contribution is 0.771. The summed E-state index contributed by atoms with van der Waals surface area (Å²) in [7, 11) is 0. The fraction of sp³-hybridized carbons (Fsp3) is 0.400. The molecule has 2 aromatic rings. The third kappa shape index (κ3) is 2.26. The second-order valence-corrected chi connectivity index (χ2v) is 4.42. The molecule has 0 unspecified atom stereocenters. The van der Waals surface area contributed by atoms with Gasteiger partial charge in [0.2, 0.25) is 0 Å². The minimum Gasteiger partial charge on any atom is -0.398 e. The van der Waals surface area contributed by atoms with Gasteiger partial charge in [-0.05, 0) is 30.9 Å². The maximum atomic E-state index is 6.26. The number of nitrogens with zero attached hydrogens (tertiary/aromatic N) is 1. The molecule has 1 heterocycles. The summed E-state index contributed by atoms with van der Waals surface area (Å²) in [5, 5.41) is 1.09. The number of anilines is 1. The quantitative estimate of drug-likeness (QED) is 0.866. The van der Waals surface area contributed by atoms with Gasteiger partial charge in [-0.15, -0.1) is 0 Å². The largest absolute Gasteiger partial charge is 0.398 e. The number of rotatable bonds is 4. The SMILES string of the molecule is CCCCc1nc2ccccc2c(N)c1CC. The molecular formula is C15H20N2. The first-order valence-corrected chi connectivity index (χ1v) is 6.43. The summed E-state index contributed by atoms with van der Waals surface area (Å²) < 4.78 is 0. The van der Waals surface area contributed by atoms with Gasteiger partial charge >= 0.3 is 0 Å². The van der Waals surface area contributed by atoms with Crippen LogP contribution in [-0.4, -0.2) is 4.98 Å². The topological polar surface area (TPSA) is 38.9 Å². The predicted molar refractivity (Wildman–Crippen MR) is 74.1 cm³/mol. The van der Waals surface area contributed by atoms with E-state index in [4.69, 9.17) is 10.7 Å². The van der Waals surface area contributed by atoms with Crippen molar-refractivity contribution in [3.8, 4) is 0 Å². The third-order valence-electron chi connectivity index (χ3n) is 3.24. The van der Waals surface area contributed by atoms with Crippen molar-refractivity contribution in [1.82, 2.24) is 4.98 Å². The lowest BCUT2D eigenvalue weighted by atomic mass is 10.0. The Balaban J connectivity index is 2.58. The first-order valence-electron chi connectivity index (χ1n) is 6.43. The number of aryl methyl sites for hydroxylation is 1. The maximum absolute atomic E-state index is 6.26. The van der Waals surface area contributed by atoms with Gasteiger partial charge in [0.1, 0.15) is 0 Å². The molecule has 1 aromatic carbocycles. The van der Waals surface area contributed by atoms with E-state index in [-0.39, 0.29) is 0 Å². The number of para-hydroxylation sites is 1. The molecule has 90 valence electrons. The van der Waals surface area contributed by atoms with Crippen LogP contribution in [0.15, 0.2) is 24.3 Å². The fourth-order valence-corrected chi connectivity index (χ4v) is 2.28. The van der Waals surface area contributed by atoms with Crippen molar-refractivity contribution < 1.29 is 0 Å². The molecule has 1 aromatic heterocycles. The van der Waals surface area contributed by atoms with E-state index in [1.165, 1.54) is 24.1 Å². The van der Waals surface area contributed by atoms with E-state index < -0.39 is 0 Å². The smallest absolute Gasteiger partial charge is 0.0726 e. The number of fused-ring (bicyclic) bond motifs is 1. The minimum absolute atomic E-state index is 0.921. The predicted octanol–water partition coefficient (Wildman–Crippen LogP) is 3.72. The highest BCUT2D eigenvalue weighted by atomic mass is 14.7. The van der Waals surface area contributed by atoms with E-state index in [2.05, 4.69) is 19.9 Å². The van der Waals surface area contributed by atoms with Crippen molar-refractivity contribution in [2.75, 3.05) is 5.73 Å². The van der Waals surface area contributed by atoms with Crippen molar-refractivity contribution in [2.24, 2.45) is 0 Å². The van der Waals surface area contributed by atoms with Crippen LogP contribution in [0, 0.1) is 0 Å². The molecule has 0 bridgehead atoms. The number of nitrogens with two attached hydrogens (primary N) is 1. The van der Waals surface area contributed by atoms with Crippen LogP contribution in [0.1, 0.15) is 37.9 Å². The zero-order chi connectivity index (χ0) is 12.3. The van der Waals surface area contributed by atoms with E-state index in [0.717, 1.165) is 29.4 Å². The molecular weight excluding hydrogens is 208 g/mol. The Morgan fingerprint density at radius 1 is 1.18 bits per heavy atom. The number of pyridine rings is 1. The van der Waals surface area contributed by atoms with Crippen LogP contribution in [0.5, 0.6) is 0 Å². The van der Waals surface area contributed by atoms with Gasteiger partial charge in [0.15, 0.2) is 0 Å². The summed E-state index contributed by atoms with van der Waals surface area (Å²) in [6, 6.07) is 8.14. The molecule has 17 heavy (non-hydrogen) atoms. The molecule has 2 nitrogen and oxygen atoms in total. The Kier molecular flexibility index (Phi) is 3.62. The Labute approximate surface area is 103 Å². The van der Waals surface area contributed by atoms with E-state index in [9.17, 15) is 0 Å². The molecule has 0 amide bonds. The maximum Gasteiger partial charge on any atom is 0.0726 e. The monoisotopic (exact) mass is 228 g/mol. The van der Waals surface area contributed by atoms with Gasteiger partial charge in [-0.1, -0.05) is 38.5 Å². The Morgan fingerprint density at radius 3 is 2.65 bits per heavy atom. The first kappa shape index (κ1) is 11.9. The van der Waals surface area contributed by atoms with E-state index in [1.807, 2.05) is 18.2 Å². The van der Waals surface area contributed by atoms with Gasteiger partial charge < -0.3 is 5.73 Å². The van der Waals surface area contributed by atoms with Crippen LogP contribution in [0.25, 0.3) is 10.9 Å². The summed E-state index contributed by atoms with van der Waals surface area (Å²) >= 11 is 0. The summed E-state index contributed by atoms with van der Waals surface area (Å²) in [5.41, 5.74) is 10.6. The van der Waals surface area contributed by atoms with Gasteiger partial charge in [-0.25, -0.2) is 0 Å². The van der Waals surface area contributed by atoms with E-state index in [0.29, 0.717) is 0 Å². The zero-order valence-electron chi connectivity index (χ0n) is 10.7. The minimum atomic E-state index is 0.921. The number of unbranched alkanes of at least 4 members (excludes halogenated alkanes) is 1. The highest BCUT2D eigenvalue weighted by Crippen LogP contribution is 2.27. The average Bonchev–Trinajstić information content (AvgIpc) is 2.36. The van der Waals surface area contributed by atoms with Crippen LogP contribution >= 0.6 is 0 Å². The molecule has 0 aliphatic carbocycles. The Hall–Kier alpha value is -1.57. The third-order valence-corrected chi connectivity index (χ3v) is 3.24. The van der Waals surface area contributed by atoms with Crippen molar-refractivity contribution in [3.63, 3.8) is 0 Å². The fourth-order valence-electron chi connectivity index (χ4n) is 2.28. The van der Waals surface area contributed by atoms with Gasteiger partial charge in [-0.2, -0.15) is 0 Å². The van der Waals surface area contributed by atoms with Gasteiger partial charge in [0.25, 0.3) is 0 Å². The Morgan fingerprint density at radius 2 is 1.94 bits per heavy atom. The van der Waals surface area contributed by atoms with Crippen molar-refractivity contribution >= 4 is 16.6 Å². The standard InChI is InChI=1S/C15H20N2/c1-3-5-9-13-11(4-2)15(16)12-8-6-7-10-14(12)17-13/h6-8,10H,3-5,9H2,1-2H3,(H2,16,17). The molecule has 2 rings (SSSR count). The van der Waals surface area contributed by atoms with Crippen LogP contribution in [0.2, 0.25) is 0 Å². The van der Waals surface area contributed by atoms with Crippen molar-refractivity contribution in [2.45, 2.75) is 39.5 Å². The molecule has 2 N–H and O–H groups in total. The summed E-state index contributed by atoms with van der Waals surface area (Å²) in [6.45, 7) is 4.35. The van der Waals surface area contributed by atoms with Gasteiger partial charge in [-0.3, -0.25) is 4.98 Å². The molecule has 0 aliphatic rings. The zero-order valence-corrected chi connectivity index (χ0v) is 10.7. The molecule has 0 saturated heterocycles. The second kappa shape index (κ2) is 5.17. The normalized spacial score (nSPS) is 10.9. The summed E-state index contributed by atoms with van der Waals surface area (Å²) in [6.07, 6.45) is 4.37. The average molecular weight is 228 g/mol. The molecule has 2 heteroatoms. The number of aromatic nitrogens is 1. The van der Waals surface area contributed by atoms with Crippen LogP contribution in [-0.2, 0) is 12.8 Å². The molecule has 0 fully saturated rings. The summed E-state index contributed by atoms with van der Waals surface area (Å²) in [5.74, 6) is 0. The number of benzene rings is 1.